The van der Waals surface area contributed by atoms with Crippen LogP contribution in [0.1, 0.15) is 25.7 Å². The quantitative estimate of drug-likeness (QED) is 0.699. The molecular formula is C10H19N3. The molecule has 0 spiro atoms. The van der Waals surface area contributed by atoms with Gasteiger partial charge in [0.15, 0.2) is 0 Å². The van der Waals surface area contributed by atoms with Gasteiger partial charge in [0.25, 0.3) is 0 Å². The minimum atomic E-state index is 1.03. The topological polar surface area (TPSA) is 27.6 Å². The van der Waals surface area contributed by atoms with Crippen LogP contribution in [0.5, 0.6) is 0 Å². The molecular weight excluding hydrogens is 162 g/mol. The molecule has 1 N–H and O–H groups in total. The predicted octanol–water partition coefficient (Wildman–Crippen LogP) is 0.864. The van der Waals surface area contributed by atoms with E-state index >= 15 is 0 Å². The molecule has 0 aromatic rings. The molecule has 3 nitrogen and oxygen atoms in total. The summed E-state index contributed by atoms with van der Waals surface area (Å²) in [5.74, 6) is 1.24. The molecule has 0 unspecified atom stereocenters. The first-order valence-corrected chi connectivity index (χ1v) is 5.45. The maximum absolute atomic E-state index is 4.46. The smallest absolute Gasteiger partial charge is 0.0963 e. The Morgan fingerprint density at radius 1 is 1.23 bits per heavy atom. The Morgan fingerprint density at radius 2 is 2.15 bits per heavy atom. The molecule has 0 bridgehead atoms. The van der Waals surface area contributed by atoms with E-state index in [1.807, 2.05) is 0 Å². The molecule has 0 aromatic carbocycles. The van der Waals surface area contributed by atoms with Crippen LogP contribution in [0.25, 0.3) is 0 Å². The number of rotatable bonds is 3. The van der Waals surface area contributed by atoms with Crippen LogP contribution >= 0.6 is 0 Å². The van der Waals surface area contributed by atoms with Crippen molar-refractivity contribution < 1.29 is 0 Å². The molecule has 0 saturated carbocycles. The Labute approximate surface area is 80.2 Å². The van der Waals surface area contributed by atoms with Crippen LogP contribution in [0.15, 0.2) is 4.99 Å². The van der Waals surface area contributed by atoms with Crippen molar-refractivity contribution in [3.05, 3.63) is 0 Å². The molecule has 2 aliphatic heterocycles. The molecule has 3 heteroatoms. The SMILES string of the molecule is C1CCC(NCCN2CCC2)=NC1. The van der Waals surface area contributed by atoms with Gasteiger partial charge in [-0.1, -0.05) is 0 Å². The summed E-state index contributed by atoms with van der Waals surface area (Å²) in [6.45, 7) is 5.91. The highest BCUT2D eigenvalue weighted by Crippen LogP contribution is 2.05. The van der Waals surface area contributed by atoms with E-state index < -0.39 is 0 Å². The van der Waals surface area contributed by atoms with Crippen molar-refractivity contribution in [2.24, 2.45) is 4.99 Å². The zero-order chi connectivity index (χ0) is 8.93. The molecule has 1 fully saturated rings. The van der Waals surface area contributed by atoms with Gasteiger partial charge in [-0.3, -0.25) is 4.99 Å². The van der Waals surface area contributed by atoms with Crippen LogP contribution in [-0.2, 0) is 0 Å². The summed E-state index contributed by atoms with van der Waals surface area (Å²) in [4.78, 5) is 6.94. The summed E-state index contributed by atoms with van der Waals surface area (Å²) in [6.07, 6.45) is 5.15. The van der Waals surface area contributed by atoms with Crippen LogP contribution < -0.4 is 5.32 Å². The fourth-order valence-corrected chi connectivity index (χ4v) is 1.81. The van der Waals surface area contributed by atoms with Gasteiger partial charge in [0.05, 0.1) is 5.84 Å². The summed E-state index contributed by atoms with van der Waals surface area (Å²) in [5, 5.41) is 3.43. The Hall–Kier alpha value is -0.570. The number of aliphatic imine (C=N–C) groups is 1. The van der Waals surface area contributed by atoms with Crippen molar-refractivity contribution in [2.75, 3.05) is 32.7 Å². The largest absolute Gasteiger partial charge is 0.373 e. The number of nitrogens with zero attached hydrogens (tertiary/aromatic N) is 2. The van der Waals surface area contributed by atoms with Crippen LogP contribution in [0.3, 0.4) is 0 Å². The minimum absolute atomic E-state index is 1.03. The fraction of sp³-hybridized carbons (Fsp3) is 0.900. The number of likely N-dealkylation sites (tertiary alicyclic amines) is 1. The second kappa shape index (κ2) is 4.61. The Balaban J connectivity index is 1.58. The highest BCUT2D eigenvalue weighted by Gasteiger charge is 2.12. The first-order chi connectivity index (χ1) is 6.45. The minimum Gasteiger partial charge on any atom is -0.373 e. The molecule has 13 heavy (non-hydrogen) atoms. The lowest BCUT2D eigenvalue weighted by molar-refractivity contribution is 0.185. The van der Waals surface area contributed by atoms with Gasteiger partial charge in [0, 0.05) is 26.1 Å². The van der Waals surface area contributed by atoms with Gasteiger partial charge in [0.1, 0.15) is 0 Å². The highest BCUT2D eigenvalue weighted by atomic mass is 15.2. The van der Waals surface area contributed by atoms with E-state index in [9.17, 15) is 0 Å². The van der Waals surface area contributed by atoms with E-state index in [0.717, 1.165) is 13.1 Å². The van der Waals surface area contributed by atoms with E-state index in [0.29, 0.717) is 0 Å². The van der Waals surface area contributed by atoms with Crippen LogP contribution in [0, 0.1) is 0 Å². The number of nitrogens with one attached hydrogen (secondary N) is 1. The highest BCUT2D eigenvalue weighted by molar-refractivity contribution is 5.82. The van der Waals surface area contributed by atoms with Crippen molar-refractivity contribution in [1.29, 1.82) is 0 Å². The van der Waals surface area contributed by atoms with E-state index in [1.165, 1.54) is 51.2 Å². The summed E-state index contributed by atoms with van der Waals surface area (Å²) in [7, 11) is 0. The number of amidine groups is 1. The van der Waals surface area contributed by atoms with Crippen molar-refractivity contribution in [2.45, 2.75) is 25.7 Å². The normalized spacial score (nSPS) is 23.5. The molecule has 2 rings (SSSR count). The van der Waals surface area contributed by atoms with E-state index in [4.69, 9.17) is 0 Å². The zero-order valence-corrected chi connectivity index (χ0v) is 8.26. The van der Waals surface area contributed by atoms with Gasteiger partial charge in [0.2, 0.25) is 0 Å². The molecule has 74 valence electrons. The second-order valence-corrected chi connectivity index (χ2v) is 3.91. The maximum atomic E-state index is 4.46. The van der Waals surface area contributed by atoms with Crippen molar-refractivity contribution in [3.63, 3.8) is 0 Å². The van der Waals surface area contributed by atoms with Crippen molar-refractivity contribution >= 4 is 5.84 Å². The molecule has 0 atom stereocenters. The first-order valence-electron chi connectivity index (χ1n) is 5.45. The van der Waals surface area contributed by atoms with E-state index in [1.54, 1.807) is 0 Å². The third-order valence-corrected chi connectivity index (χ3v) is 2.83. The van der Waals surface area contributed by atoms with Gasteiger partial charge in [-0.2, -0.15) is 0 Å². The molecule has 0 amide bonds. The summed E-state index contributed by atoms with van der Waals surface area (Å²) in [6, 6.07) is 0. The molecule has 0 aromatic heterocycles. The monoisotopic (exact) mass is 181 g/mol. The zero-order valence-electron chi connectivity index (χ0n) is 8.26. The number of hydrogen-bond donors (Lipinski definition) is 1. The fourth-order valence-electron chi connectivity index (χ4n) is 1.81. The Morgan fingerprint density at radius 3 is 2.77 bits per heavy atom. The summed E-state index contributed by atoms with van der Waals surface area (Å²) < 4.78 is 0. The lowest BCUT2D eigenvalue weighted by atomic mass is 10.2. The third-order valence-electron chi connectivity index (χ3n) is 2.83. The lowest BCUT2D eigenvalue weighted by Crippen LogP contribution is -2.42. The molecule has 0 aliphatic carbocycles. The van der Waals surface area contributed by atoms with Gasteiger partial charge in [-0.15, -0.1) is 0 Å². The average Bonchev–Trinajstić information content (AvgIpc) is 2.11. The van der Waals surface area contributed by atoms with Gasteiger partial charge >= 0.3 is 0 Å². The predicted molar refractivity (Wildman–Crippen MR) is 55.2 cm³/mol. The molecule has 2 aliphatic rings. The van der Waals surface area contributed by atoms with Crippen molar-refractivity contribution in [1.82, 2.24) is 10.2 Å². The average molecular weight is 181 g/mol. The Bertz CT molecular complexity index is 185. The van der Waals surface area contributed by atoms with Gasteiger partial charge in [-0.25, -0.2) is 0 Å². The van der Waals surface area contributed by atoms with Crippen molar-refractivity contribution in [3.8, 4) is 0 Å². The van der Waals surface area contributed by atoms with E-state index in [-0.39, 0.29) is 0 Å². The lowest BCUT2D eigenvalue weighted by Gasteiger charge is -2.30. The summed E-state index contributed by atoms with van der Waals surface area (Å²) in [5.41, 5.74) is 0. The van der Waals surface area contributed by atoms with Crippen LogP contribution in [0.2, 0.25) is 0 Å². The van der Waals surface area contributed by atoms with Gasteiger partial charge in [-0.05, 0) is 32.4 Å². The molecule has 2 heterocycles. The third kappa shape index (κ3) is 2.69. The second-order valence-electron chi connectivity index (χ2n) is 3.91. The molecule has 1 saturated heterocycles. The standard InChI is InChI=1S/C10H19N3/c1-2-5-11-10(4-1)12-6-9-13-7-3-8-13/h1-9H2,(H,11,12). The maximum Gasteiger partial charge on any atom is 0.0963 e. The van der Waals surface area contributed by atoms with E-state index in [2.05, 4.69) is 15.2 Å². The number of hydrogen-bond acceptors (Lipinski definition) is 3. The van der Waals surface area contributed by atoms with Crippen LogP contribution in [-0.4, -0.2) is 43.5 Å². The summed E-state index contributed by atoms with van der Waals surface area (Å²) >= 11 is 0. The Kier molecular flexibility index (Phi) is 3.19. The molecule has 0 radical (unpaired) electrons. The van der Waals surface area contributed by atoms with Crippen LogP contribution in [0.4, 0.5) is 0 Å². The first kappa shape index (κ1) is 9.00. The van der Waals surface area contributed by atoms with Gasteiger partial charge < -0.3 is 10.2 Å².